The normalized spacial score (nSPS) is 15.4. The highest BCUT2D eigenvalue weighted by atomic mass is 35.5. The van der Waals surface area contributed by atoms with Gasteiger partial charge < -0.3 is 4.57 Å². The lowest BCUT2D eigenvalue weighted by molar-refractivity contribution is 0.443. The van der Waals surface area contributed by atoms with Gasteiger partial charge in [-0.1, -0.05) is 43.0 Å². The molecular weight excluding hydrogens is 364 g/mol. The van der Waals surface area contributed by atoms with Gasteiger partial charge in [-0.2, -0.15) is 0 Å². The fourth-order valence-corrected chi connectivity index (χ4v) is 4.44. The maximum atomic E-state index is 6.03. The van der Waals surface area contributed by atoms with E-state index in [4.69, 9.17) is 16.6 Å². The minimum absolute atomic E-state index is 0.741. The zero-order valence-corrected chi connectivity index (χ0v) is 17.4. The van der Waals surface area contributed by atoms with Crippen LogP contribution >= 0.6 is 11.6 Å². The Hall–Kier alpha value is -2.32. The van der Waals surface area contributed by atoms with Crippen molar-refractivity contribution in [2.45, 2.75) is 51.9 Å². The summed E-state index contributed by atoms with van der Waals surface area (Å²) in [5.41, 5.74) is 7.12. The van der Waals surface area contributed by atoms with Gasteiger partial charge in [0.15, 0.2) is 0 Å². The number of rotatable bonds is 4. The predicted octanol–water partition coefficient (Wildman–Crippen LogP) is 7.55. The van der Waals surface area contributed by atoms with Gasteiger partial charge in [0.1, 0.15) is 0 Å². The van der Waals surface area contributed by atoms with Crippen molar-refractivity contribution < 1.29 is 0 Å². The zero-order chi connectivity index (χ0) is 19.5. The molecule has 0 atom stereocenters. The maximum absolute atomic E-state index is 6.03. The van der Waals surface area contributed by atoms with Gasteiger partial charge in [0.25, 0.3) is 0 Å². The first-order valence-corrected chi connectivity index (χ1v) is 10.6. The van der Waals surface area contributed by atoms with Crippen molar-refractivity contribution in [3.8, 4) is 5.69 Å². The van der Waals surface area contributed by atoms with Crippen molar-refractivity contribution in [2.24, 2.45) is 4.99 Å². The van der Waals surface area contributed by atoms with Crippen LogP contribution in [0.25, 0.3) is 5.69 Å². The molecule has 2 nitrogen and oxygen atoms in total. The number of hydrogen-bond donors (Lipinski definition) is 0. The van der Waals surface area contributed by atoms with E-state index in [-0.39, 0.29) is 0 Å². The third-order valence-corrected chi connectivity index (χ3v) is 6.13. The van der Waals surface area contributed by atoms with Crippen molar-refractivity contribution in [3.05, 3.63) is 82.1 Å². The third kappa shape index (κ3) is 4.07. The Morgan fingerprint density at radius 1 is 0.929 bits per heavy atom. The molecule has 1 aliphatic carbocycles. The summed E-state index contributed by atoms with van der Waals surface area (Å²) in [7, 11) is 0. The van der Waals surface area contributed by atoms with E-state index in [1.165, 1.54) is 49.1 Å². The lowest BCUT2D eigenvalue weighted by Gasteiger charge is -2.21. The highest BCUT2D eigenvalue weighted by molar-refractivity contribution is 6.30. The first-order chi connectivity index (χ1) is 13.6. The molecule has 1 aliphatic rings. The summed E-state index contributed by atoms with van der Waals surface area (Å²) in [6.07, 6.45) is 8.78. The van der Waals surface area contributed by atoms with E-state index in [0.717, 1.165) is 27.9 Å². The molecule has 4 rings (SSSR count). The SMILES string of the molecule is Cc1cc(C=Nc2ccc(C3CCCCC3)cc2)c(C)n1-c1ccc(Cl)cc1. The Morgan fingerprint density at radius 3 is 2.29 bits per heavy atom. The van der Waals surface area contributed by atoms with E-state index in [9.17, 15) is 0 Å². The fraction of sp³-hybridized carbons (Fsp3) is 0.320. The van der Waals surface area contributed by atoms with E-state index in [1.807, 2.05) is 30.5 Å². The van der Waals surface area contributed by atoms with Crippen LogP contribution in [0.4, 0.5) is 5.69 Å². The lowest BCUT2D eigenvalue weighted by atomic mass is 9.84. The summed E-state index contributed by atoms with van der Waals surface area (Å²) in [6, 6.07) is 19.0. The Balaban J connectivity index is 1.53. The van der Waals surface area contributed by atoms with E-state index in [1.54, 1.807) is 0 Å². The van der Waals surface area contributed by atoms with Crippen molar-refractivity contribution >= 4 is 23.5 Å². The van der Waals surface area contributed by atoms with Crippen LogP contribution in [-0.2, 0) is 0 Å². The molecule has 1 heterocycles. The monoisotopic (exact) mass is 390 g/mol. The minimum Gasteiger partial charge on any atom is -0.318 e. The molecule has 0 bridgehead atoms. The molecule has 28 heavy (non-hydrogen) atoms. The Morgan fingerprint density at radius 2 is 1.61 bits per heavy atom. The van der Waals surface area contributed by atoms with E-state index >= 15 is 0 Å². The molecule has 0 N–H and O–H groups in total. The third-order valence-electron chi connectivity index (χ3n) is 5.88. The van der Waals surface area contributed by atoms with Crippen LogP contribution in [0, 0.1) is 13.8 Å². The van der Waals surface area contributed by atoms with Crippen LogP contribution in [0.5, 0.6) is 0 Å². The van der Waals surface area contributed by atoms with Crippen molar-refractivity contribution in [1.82, 2.24) is 4.57 Å². The average molecular weight is 391 g/mol. The molecule has 0 saturated heterocycles. The summed E-state index contributed by atoms with van der Waals surface area (Å²) in [5, 5.41) is 0.754. The number of nitrogens with zero attached hydrogens (tertiary/aromatic N) is 2. The van der Waals surface area contributed by atoms with Gasteiger partial charge in [0.05, 0.1) is 5.69 Å². The number of halogens is 1. The Labute approximate surface area is 172 Å². The fourth-order valence-electron chi connectivity index (χ4n) is 4.32. The molecule has 0 radical (unpaired) electrons. The number of aryl methyl sites for hydroxylation is 1. The summed E-state index contributed by atoms with van der Waals surface area (Å²) in [6.45, 7) is 4.26. The van der Waals surface area contributed by atoms with Gasteiger partial charge in [0.2, 0.25) is 0 Å². The minimum atomic E-state index is 0.741. The topological polar surface area (TPSA) is 17.3 Å². The highest BCUT2D eigenvalue weighted by Crippen LogP contribution is 2.33. The molecule has 3 aromatic rings. The van der Waals surface area contributed by atoms with Gasteiger partial charge >= 0.3 is 0 Å². The Kier molecular flexibility index (Phi) is 5.68. The first-order valence-electron chi connectivity index (χ1n) is 10.2. The molecule has 1 fully saturated rings. The van der Waals surface area contributed by atoms with Gasteiger partial charge in [-0.05, 0) is 80.6 Å². The van der Waals surface area contributed by atoms with Crippen LogP contribution in [0.15, 0.2) is 59.6 Å². The quantitative estimate of drug-likeness (QED) is 0.409. The second kappa shape index (κ2) is 8.36. The molecule has 1 saturated carbocycles. The predicted molar refractivity (Wildman–Crippen MR) is 120 cm³/mol. The lowest BCUT2D eigenvalue weighted by Crippen LogP contribution is -2.03. The van der Waals surface area contributed by atoms with E-state index in [2.05, 4.69) is 48.7 Å². The van der Waals surface area contributed by atoms with Crippen molar-refractivity contribution in [2.75, 3.05) is 0 Å². The first kappa shape index (κ1) is 19.0. The van der Waals surface area contributed by atoms with Gasteiger partial charge in [-0.3, -0.25) is 4.99 Å². The standard InChI is InChI=1S/C25H27ClN2/c1-18-16-22(19(2)28(18)25-14-10-23(26)11-15-25)17-27-24-12-8-21(9-13-24)20-6-4-3-5-7-20/h8-17,20H,3-7H2,1-2H3. The summed E-state index contributed by atoms with van der Waals surface area (Å²) in [5.74, 6) is 0.741. The van der Waals surface area contributed by atoms with Crippen molar-refractivity contribution in [3.63, 3.8) is 0 Å². The second-order valence-corrected chi connectivity index (χ2v) is 8.26. The van der Waals surface area contributed by atoms with Gasteiger partial charge in [-0.25, -0.2) is 0 Å². The molecular formula is C25H27ClN2. The highest BCUT2D eigenvalue weighted by Gasteiger charge is 2.15. The van der Waals surface area contributed by atoms with Crippen LogP contribution in [-0.4, -0.2) is 10.8 Å². The summed E-state index contributed by atoms with van der Waals surface area (Å²) >= 11 is 6.03. The molecule has 0 spiro atoms. The van der Waals surface area contributed by atoms with Gasteiger partial charge in [-0.15, -0.1) is 0 Å². The summed E-state index contributed by atoms with van der Waals surface area (Å²) < 4.78 is 2.24. The number of benzene rings is 2. The largest absolute Gasteiger partial charge is 0.318 e. The molecule has 144 valence electrons. The van der Waals surface area contributed by atoms with E-state index in [0.29, 0.717) is 0 Å². The average Bonchev–Trinajstić information content (AvgIpc) is 3.01. The molecule has 0 unspecified atom stereocenters. The number of aromatic nitrogens is 1. The molecule has 1 aromatic heterocycles. The van der Waals surface area contributed by atoms with Crippen LogP contribution in [0.3, 0.4) is 0 Å². The second-order valence-electron chi connectivity index (χ2n) is 7.82. The summed E-state index contributed by atoms with van der Waals surface area (Å²) in [4.78, 5) is 4.73. The molecule has 0 amide bonds. The molecule has 0 aliphatic heterocycles. The maximum Gasteiger partial charge on any atom is 0.0630 e. The van der Waals surface area contributed by atoms with Crippen LogP contribution in [0.2, 0.25) is 5.02 Å². The van der Waals surface area contributed by atoms with Crippen molar-refractivity contribution in [1.29, 1.82) is 0 Å². The Bertz CT molecular complexity index is 959. The van der Waals surface area contributed by atoms with Crippen LogP contribution in [0.1, 0.15) is 60.5 Å². The zero-order valence-electron chi connectivity index (χ0n) is 16.7. The smallest absolute Gasteiger partial charge is 0.0630 e. The molecule has 2 aromatic carbocycles. The number of hydrogen-bond acceptors (Lipinski definition) is 1. The van der Waals surface area contributed by atoms with Gasteiger partial charge in [0, 0.05) is 33.9 Å². The van der Waals surface area contributed by atoms with Crippen LogP contribution < -0.4 is 0 Å². The van der Waals surface area contributed by atoms with E-state index < -0.39 is 0 Å². The number of aliphatic imine (C=N–C) groups is 1. The molecule has 3 heteroatoms.